The maximum atomic E-state index is 6.10. The number of ether oxygens (including phenoxy) is 2. The van der Waals surface area contributed by atoms with E-state index in [0.717, 1.165) is 58.5 Å². The van der Waals surface area contributed by atoms with E-state index >= 15 is 0 Å². The third-order valence-corrected chi connectivity index (χ3v) is 4.71. The van der Waals surface area contributed by atoms with Gasteiger partial charge < -0.3 is 25.8 Å². The lowest BCUT2D eigenvalue weighted by molar-refractivity contribution is 0.110. The van der Waals surface area contributed by atoms with Crippen molar-refractivity contribution in [1.29, 1.82) is 0 Å². The molecule has 0 aromatic carbocycles. The van der Waals surface area contributed by atoms with Crippen LogP contribution in [0.15, 0.2) is 0 Å². The topological polar surface area (TPSA) is 112 Å². The monoisotopic (exact) mass is 377 g/mol. The molecule has 0 radical (unpaired) electrons. The van der Waals surface area contributed by atoms with Crippen LogP contribution in [0.4, 0.5) is 11.8 Å². The second-order valence-electron chi connectivity index (χ2n) is 6.83. The number of nitrogen functional groups attached to an aromatic ring is 1. The Hall–Kier alpha value is -2.13. The molecule has 1 unspecified atom stereocenters. The summed E-state index contributed by atoms with van der Waals surface area (Å²) in [6.07, 6.45) is 5.77. The largest absolute Gasteiger partial charge is 0.468 e. The Bertz CT molecular complexity index is 728. The summed E-state index contributed by atoms with van der Waals surface area (Å²) in [6.45, 7) is 6.39. The predicted octanol–water partition coefficient (Wildman–Crippen LogP) is 1.79. The molecule has 150 valence electrons. The molecule has 1 fully saturated rings. The molecule has 0 spiro atoms. The van der Waals surface area contributed by atoms with Gasteiger partial charge in [0.15, 0.2) is 17.0 Å². The molecule has 27 heavy (non-hydrogen) atoms. The number of hydrogen-bond acceptors (Lipinski definition) is 8. The van der Waals surface area contributed by atoms with Crippen LogP contribution in [0, 0.1) is 0 Å². The standard InChI is InChI=1S/C18H31N7O2/c1-3-4-9-21-17-23-15(19)14-16(24-17)25(18(22-14)26-2)10-6-8-20-12-13-7-5-11-27-13/h13,20H,3-12H2,1-2H3,(H3,19,21,23,24). The van der Waals surface area contributed by atoms with Gasteiger partial charge in [0.25, 0.3) is 6.01 Å². The molecule has 1 aliphatic heterocycles. The first-order valence-corrected chi connectivity index (χ1v) is 9.86. The van der Waals surface area contributed by atoms with Crippen molar-refractivity contribution in [3.63, 3.8) is 0 Å². The van der Waals surface area contributed by atoms with E-state index in [0.29, 0.717) is 35.0 Å². The zero-order chi connectivity index (χ0) is 19.1. The van der Waals surface area contributed by atoms with E-state index in [-0.39, 0.29) is 0 Å². The molecule has 1 aliphatic rings. The number of imidazole rings is 1. The van der Waals surface area contributed by atoms with Crippen molar-refractivity contribution in [2.45, 2.75) is 51.7 Å². The highest BCUT2D eigenvalue weighted by Crippen LogP contribution is 2.25. The van der Waals surface area contributed by atoms with E-state index in [1.54, 1.807) is 7.11 Å². The minimum absolute atomic E-state index is 0.359. The Labute approximate surface area is 160 Å². The third-order valence-electron chi connectivity index (χ3n) is 4.71. The van der Waals surface area contributed by atoms with Crippen molar-refractivity contribution in [2.24, 2.45) is 0 Å². The first kappa shape index (κ1) is 19.6. The Morgan fingerprint density at radius 3 is 2.89 bits per heavy atom. The lowest BCUT2D eigenvalue weighted by atomic mass is 10.2. The van der Waals surface area contributed by atoms with Crippen LogP contribution >= 0.6 is 0 Å². The Morgan fingerprint density at radius 2 is 2.15 bits per heavy atom. The van der Waals surface area contributed by atoms with Gasteiger partial charge in [-0.2, -0.15) is 15.0 Å². The van der Waals surface area contributed by atoms with Gasteiger partial charge in [0.2, 0.25) is 5.95 Å². The van der Waals surface area contributed by atoms with Crippen LogP contribution in [0.25, 0.3) is 11.2 Å². The molecule has 1 saturated heterocycles. The van der Waals surface area contributed by atoms with Gasteiger partial charge in [-0.25, -0.2) is 0 Å². The first-order chi connectivity index (χ1) is 13.2. The number of anilines is 2. The predicted molar refractivity (Wildman–Crippen MR) is 106 cm³/mol. The summed E-state index contributed by atoms with van der Waals surface area (Å²) < 4.78 is 13.0. The number of fused-ring (bicyclic) bond motifs is 1. The number of rotatable bonds is 11. The van der Waals surface area contributed by atoms with Crippen molar-refractivity contribution in [1.82, 2.24) is 24.8 Å². The molecule has 3 rings (SSSR count). The molecule has 0 aliphatic carbocycles. The molecule has 0 amide bonds. The molecule has 3 heterocycles. The van der Waals surface area contributed by atoms with Gasteiger partial charge in [-0.3, -0.25) is 4.57 Å². The maximum Gasteiger partial charge on any atom is 0.298 e. The number of unbranched alkanes of at least 4 members (excludes halogenated alkanes) is 1. The smallest absolute Gasteiger partial charge is 0.298 e. The van der Waals surface area contributed by atoms with E-state index in [4.69, 9.17) is 15.2 Å². The Kier molecular flexibility index (Phi) is 7.05. The van der Waals surface area contributed by atoms with Gasteiger partial charge in [-0.05, 0) is 32.2 Å². The van der Waals surface area contributed by atoms with Crippen molar-refractivity contribution in [3.8, 4) is 6.01 Å². The average molecular weight is 377 g/mol. The van der Waals surface area contributed by atoms with Gasteiger partial charge in [0.05, 0.1) is 13.2 Å². The third kappa shape index (κ3) is 4.98. The van der Waals surface area contributed by atoms with Crippen LogP contribution in [0.5, 0.6) is 6.01 Å². The minimum Gasteiger partial charge on any atom is -0.468 e. The number of nitrogens with two attached hydrogens (primary N) is 1. The van der Waals surface area contributed by atoms with Gasteiger partial charge in [-0.15, -0.1) is 0 Å². The average Bonchev–Trinajstić information content (AvgIpc) is 3.30. The first-order valence-electron chi connectivity index (χ1n) is 9.86. The molecule has 2 aromatic heterocycles. The summed E-state index contributed by atoms with van der Waals surface area (Å²) in [5.74, 6) is 0.904. The zero-order valence-corrected chi connectivity index (χ0v) is 16.3. The molecule has 9 nitrogen and oxygen atoms in total. The number of hydrogen-bond donors (Lipinski definition) is 3. The quantitative estimate of drug-likeness (QED) is 0.508. The summed E-state index contributed by atoms with van der Waals surface area (Å²) >= 11 is 0. The van der Waals surface area contributed by atoms with Crippen molar-refractivity contribution >= 4 is 22.9 Å². The van der Waals surface area contributed by atoms with Crippen LogP contribution in [0.3, 0.4) is 0 Å². The Balaban J connectivity index is 1.64. The number of aryl methyl sites for hydroxylation is 1. The number of methoxy groups -OCH3 is 1. The second-order valence-corrected chi connectivity index (χ2v) is 6.83. The highest BCUT2D eigenvalue weighted by molar-refractivity contribution is 5.84. The van der Waals surface area contributed by atoms with Gasteiger partial charge in [0, 0.05) is 26.2 Å². The summed E-state index contributed by atoms with van der Waals surface area (Å²) in [7, 11) is 1.61. The van der Waals surface area contributed by atoms with Crippen LogP contribution < -0.4 is 21.1 Å². The van der Waals surface area contributed by atoms with E-state index < -0.39 is 0 Å². The second kappa shape index (κ2) is 9.70. The van der Waals surface area contributed by atoms with Gasteiger partial charge in [-0.1, -0.05) is 13.3 Å². The molecule has 2 aromatic rings. The van der Waals surface area contributed by atoms with Crippen LogP contribution in [0.2, 0.25) is 0 Å². The zero-order valence-electron chi connectivity index (χ0n) is 16.3. The highest BCUT2D eigenvalue weighted by atomic mass is 16.5. The van der Waals surface area contributed by atoms with Gasteiger partial charge in [0.1, 0.15) is 0 Å². The van der Waals surface area contributed by atoms with E-state index in [1.807, 2.05) is 4.57 Å². The molecule has 0 saturated carbocycles. The van der Waals surface area contributed by atoms with Crippen molar-refractivity contribution in [2.75, 3.05) is 44.4 Å². The number of nitrogens with zero attached hydrogens (tertiary/aromatic N) is 4. The van der Waals surface area contributed by atoms with Crippen molar-refractivity contribution < 1.29 is 9.47 Å². The van der Waals surface area contributed by atoms with E-state index in [2.05, 4.69) is 32.5 Å². The van der Waals surface area contributed by atoms with E-state index in [1.165, 1.54) is 6.42 Å². The summed E-state index contributed by atoms with van der Waals surface area (Å²) in [6, 6.07) is 0.510. The van der Waals surface area contributed by atoms with Crippen LogP contribution in [0.1, 0.15) is 39.0 Å². The molecular weight excluding hydrogens is 346 g/mol. The molecule has 1 atom stereocenters. The highest BCUT2D eigenvalue weighted by Gasteiger charge is 2.17. The maximum absolute atomic E-state index is 6.10. The summed E-state index contributed by atoms with van der Waals surface area (Å²) in [5, 5.41) is 6.69. The lowest BCUT2D eigenvalue weighted by Crippen LogP contribution is -2.27. The van der Waals surface area contributed by atoms with Crippen LogP contribution in [-0.2, 0) is 11.3 Å². The summed E-state index contributed by atoms with van der Waals surface area (Å²) in [5.41, 5.74) is 7.39. The summed E-state index contributed by atoms with van der Waals surface area (Å²) in [4.78, 5) is 13.4. The number of aromatic nitrogens is 4. The van der Waals surface area contributed by atoms with Gasteiger partial charge >= 0.3 is 0 Å². The fourth-order valence-electron chi connectivity index (χ4n) is 3.25. The fraction of sp³-hybridized carbons (Fsp3) is 0.722. The Morgan fingerprint density at radius 1 is 1.26 bits per heavy atom. The van der Waals surface area contributed by atoms with Crippen LogP contribution in [-0.4, -0.2) is 59.0 Å². The minimum atomic E-state index is 0.359. The van der Waals surface area contributed by atoms with E-state index in [9.17, 15) is 0 Å². The molecule has 4 N–H and O–H groups in total. The SMILES string of the molecule is CCCCNc1nc(N)c2nc(OC)n(CCCNCC3CCCO3)c2n1. The molecular formula is C18H31N7O2. The fourth-order valence-corrected chi connectivity index (χ4v) is 3.25. The normalized spacial score (nSPS) is 16.9. The molecule has 9 heteroatoms. The number of nitrogens with one attached hydrogen (secondary N) is 2. The molecule has 0 bridgehead atoms. The lowest BCUT2D eigenvalue weighted by Gasteiger charge is -2.12. The van der Waals surface area contributed by atoms with Crippen molar-refractivity contribution in [3.05, 3.63) is 0 Å².